The highest BCUT2D eigenvalue weighted by Crippen LogP contribution is 2.33. The summed E-state index contributed by atoms with van der Waals surface area (Å²) in [6.07, 6.45) is 4.73. The zero-order chi connectivity index (χ0) is 18.7. The van der Waals surface area contributed by atoms with E-state index in [1.807, 2.05) is 49.0 Å². The van der Waals surface area contributed by atoms with E-state index >= 15 is 0 Å². The Morgan fingerprint density at radius 2 is 2.12 bits per heavy atom. The molecule has 2 aromatic rings. The van der Waals surface area contributed by atoms with Crippen LogP contribution in [-0.2, 0) is 0 Å². The molecule has 26 heavy (non-hydrogen) atoms. The Morgan fingerprint density at radius 1 is 1.31 bits per heavy atom. The normalized spacial score (nSPS) is 17.1. The fourth-order valence-electron chi connectivity index (χ4n) is 3.40. The lowest BCUT2D eigenvalue weighted by molar-refractivity contribution is 0.0609. The quantitative estimate of drug-likeness (QED) is 0.844. The van der Waals surface area contributed by atoms with Gasteiger partial charge in [-0.1, -0.05) is 12.1 Å². The summed E-state index contributed by atoms with van der Waals surface area (Å²) in [5, 5.41) is 0. The van der Waals surface area contributed by atoms with Gasteiger partial charge in [-0.3, -0.25) is 4.79 Å². The first-order valence-corrected chi connectivity index (χ1v) is 8.97. The van der Waals surface area contributed by atoms with Crippen molar-refractivity contribution in [1.82, 2.24) is 14.9 Å². The number of rotatable bonds is 4. The van der Waals surface area contributed by atoms with Crippen molar-refractivity contribution in [3.05, 3.63) is 47.3 Å². The first kappa shape index (κ1) is 18.2. The molecule has 1 aliphatic heterocycles. The van der Waals surface area contributed by atoms with Gasteiger partial charge < -0.3 is 14.5 Å². The number of carbonyl (C=O) groups excluding carboxylic acids is 1. The van der Waals surface area contributed by atoms with Gasteiger partial charge in [0.2, 0.25) is 5.95 Å². The zero-order valence-electron chi connectivity index (χ0n) is 15.9. The Bertz CT molecular complexity index is 791. The number of aryl methyl sites for hydroxylation is 1. The number of anilines is 1. The predicted molar refractivity (Wildman–Crippen MR) is 102 cm³/mol. The number of hydrogen-bond donors (Lipinski definition) is 0. The van der Waals surface area contributed by atoms with Crippen LogP contribution < -0.4 is 9.64 Å². The molecular weight excluding hydrogens is 328 g/mol. The lowest BCUT2D eigenvalue weighted by Crippen LogP contribution is -2.39. The summed E-state index contributed by atoms with van der Waals surface area (Å²) in [6.45, 7) is 2.61. The number of benzene rings is 1. The van der Waals surface area contributed by atoms with Crippen LogP contribution in [0.25, 0.3) is 0 Å². The number of piperidine rings is 1. The molecule has 1 aromatic carbocycles. The highest BCUT2D eigenvalue weighted by Gasteiger charge is 2.30. The summed E-state index contributed by atoms with van der Waals surface area (Å²) in [4.78, 5) is 25.8. The van der Waals surface area contributed by atoms with Crippen LogP contribution in [0.4, 0.5) is 5.95 Å². The molecule has 3 rings (SSSR count). The average Bonchev–Trinajstić information content (AvgIpc) is 2.67. The lowest BCUT2D eigenvalue weighted by Gasteiger charge is -2.36. The van der Waals surface area contributed by atoms with Gasteiger partial charge >= 0.3 is 0 Å². The number of hydrogen-bond acceptors (Lipinski definition) is 5. The Morgan fingerprint density at radius 3 is 2.81 bits per heavy atom. The summed E-state index contributed by atoms with van der Waals surface area (Å²) >= 11 is 0. The maximum Gasteiger partial charge on any atom is 0.257 e. The summed E-state index contributed by atoms with van der Waals surface area (Å²) in [6, 6.07) is 8.05. The highest BCUT2D eigenvalue weighted by atomic mass is 16.5. The molecular formula is C20H26N4O2. The molecule has 2 heterocycles. The number of carbonyl (C=O) groups is 1. The predicted octanol–water partition coefficient (Wildman–Crippen LogP) is 3.23. The van der Waals surface area contributed by atoms with E-state index < -0.39 is 0 Å². The second-order valence-electron chi connectivity index (χ2n) is 6.85. The molecule has 0 bridgehead atoms. The second kappa shape index (κ2) is 7.72. The summed E-state index contributed by atoms with van der Waals surface area (Å²) in [5.74, 6) is 1.43. The first-order valence-electron chi connectivity index (χ1n) is 8.97. The fraction of sp³-hybridized carbons (Fsp3) is 0.450. The molecule has 0 N–H and O–H groups in total. The van der Waals surface area contributed by atoms with Gasteiger partial charge in [-0.15, -0.1) is 0 Å². The molecule has 1 aliphatic rings. The molecule has 1 atom stereocenters. The molecule has 1 saturated heterocycles. The minimum absolute atomic E-state index is 0.000302. The Labute approximate surface area is 154 Å². The van der Waals surface area contributed by atoms with Crippen molar-refractivity contribution in [2.75, 3.05) is 32.6 Å². The van der Waals surface area contributed by atoms with Crippen molar-refractivity contribution in [3.8, 4) is 5.75 Å². The van der Waals surface area contributed by atoms with Gasteiger partial charge in [-0.05, 0) is 43.9 Å². The van der Waals surface area contributed by atoms with Crippen LogP contribution in [0.2, 0.25) is 0 Å². The largest absolute Gasteiger partial charge is 0.497 e. The Balaban J connectivity index is 1.91. The molecule has 6 nitrogen and oxygen atoms in total. The minimum Gasteiger partial charge on any atom is -0.497 e. The van der Waals surface area contributed by atoms with Crippen molar-refractivity contribution in [2.45, 2.75) is 32.2 Å². The monoisotopic (exact) mass is 354 g/mol. The Kier molecular flexibility index (Phi) is 5.40. The van der Waals surface area contributed by atoms with Crippen LogP contribution in [-0.4, -0.2) is 48.5 Å². The van der Waals surface area contributed by atoms with Crippen LogP contribution in [0.3, 0.4) is 0 Å². The molecule has 0 unspecified atom stereocenters. The number of nitrogens with zero attached hydrogens (tertiary/aromatic N) is 4. The van der Waals surface area contributed by atoms with Gasteiger partial charge in [0, 0.05) is 26.8 Å². The standard InChI is InChI=1S/C20H26N4O2/c1-14-17(13-21-20(22-14)23(2)3)19(25)24-11-6-5-10-18(24)15-8-7-9-16(12-15)26-4/h7-9,12-13,18H,5-6,10-11H2,1-4H3/t18-/m0/s1. The van der Waals surface area contributed by atoms with E-state index in [1.165, 1.54) is 0 Å². The molecule has 1 aromatic heterocycles. The first-order chi connectivity index (χ1) is 12.5. The van der Waals surface area contributed by atoms with Crippen LogP contribution in [0.1, 0.15) is 46.9 Å². The molecule has 0 spiro atoms. The number of likely N-dealkylation sites (tertiary alicyclic amines) is 1. The van der Waals surface area contributed by atoms with E-state index in [9.17, 15) is 4.79 Å². The molecule has 1 amide bonds. The molecule has 138 valence electrons. The van der Waals surface area contributed by atoms with E-state index in [1.54, 1.807) is 13.3 Å². The van der Waals surface area contributed by atoms with E-state index in [-0.39, 0.29) is 11.9 Å². The van der Waals surface area contributed by atoms with Gasteiger partial charge in [0.1, 0.15) is 5.75 Å². The molecule has 0 saturated carbocycles. The van der Waals surface area contributed by atoms with Crippen LogP contribution in [0.5, 0.6) is 5.75 Å². The number of methoxy groups -OCH3 is 1. The van der Waals surface area contributed by atoms with E-state index in [0.717, 1.165) is 37.1 Å². The van der Waals surface area contributed by atoms with Gasteiger partial charge in [-0.2, -0.15) is 0 Å². The van der Waals surface area contributed by atoms with E-state index in [2.05, 4.69) is 16.0 Å². The third kappa shape index (κ3) is 3.64. The minimum atomic E-state index is 0.000302. The fourth-order valence-corrected chi connectivity index (χ4v) is 3.40. The molecule has 0 radical (unpaired) electrons. The lowest BCUT2D eigenvalue weighted by atomic mass is 9.94. The zero-order valence-corrected chi connectivity index (χ0v) is 15.9. The average molecular weight is 354 g/mol. The number of amides is 1. The summed E-state index contributed by atoms with van der Waals surface area (Å²) in [7, 11) is 5.44. The van der Waals surface area contributed by atoms with E-state index in [0.29, 0.717) is 17.2 Å². The highest BCUT2D eigenvalue weighted by molar-refractivity contribution is 5.95. The third-order valence-corrected chi connectivity index (χ3v) is 4.84. The van der Waals surface area contributed by atoms with Crippen LogP contribution in [0, 0.1) is 6.92 Å². The smallest absolute Gasteiger partial charge is 0.257 e. The summed E-state index contributed by atoms with van der Waals surface area (Å²) in [5.41, 5.74) is 2.40. The molecule has 6 heteroatoms. The second-order valence-corrected chi connectivity index (χ2v) is 6.85. The van der Waals surface area contributed by atoms with Gasteiger partial charge in [-0.25, -0.2) is 9.97 Å². The number of aromatic nitrogens is 2. The maximum absolute atomic E-state index is 13.2. The van der Waals surface area contributed by atoms with Gasteiger partial charge in [0.15, 0.2) is 0 Å². The Hall–Kier alpha value is -2.63. The summed E-state index contributed by atoms with van der Waals surface area (Å²) < 4.78 is 5.35. The topological polar surface area (TPSA) is 58.6 Å². The third-order valence-electron chi connectivity index (χ3n) is 4.84. The van der Waals surface area contributed by atoms with Crippen LogP contribution in [0.15, 0.2) is 30.5 Å². The van der Waals surface area contributed by atoms with E-state index in [4.69, 9.17) is 4.74 Å². The van der Waals surface area contributed by atoms with Crippen molar-refractivity contribution in [2.24, 2.45) is 0 Å². The van der Waals surface area contributed by atoms with Crippen LogP contribution >= 0.6 is 0 Å². The SMILES string of the molecule is COc1cccc([C@@H]2CCCCN2C(=O)c2cnc(N(C)C)nc2C)c1. The molecule has 1 fully saturated rings. The van der Waals surface area contributed by atoms with Crippen molar-refractivity contribution in [3.63, 3.8) is 0 Å². The van der Waals surface area contributed by atoms with Crippen molar-refractivity contribution < 1.29 is 9.53 Å². The van der Waals surface area contributed by atoms with Gasteiger partial charge in [0.25, 0.3) is 5.91 Å². The maximum atomic E-state index is 13.2. The number of ether oxygens (including phenoxy) is 1. The molecule has 0 aliphatic carbocycles. The van der Waals surface area contributed by atoms with Gasteiger partial charge in [0.05, 0.1) is 24.4 Å². The van der Waals surface area contributed by atoms with Crippen molar-refractivity contribution in [1.29, 1.82) is 0 Å². The van der Waals surface area contributed by atoms with Crippen molar-refractivity contribution >= 4 is 11.9 Å².